The highest BCUT2D eigenvalue weighted by Gasteiger charge is 2.29. The monoisotopic (exact) mass is 640 g/mol. The lowest BCUT2D eigenvalue weighted by Gasteiger charge is -2.40. The fraction of sp³-hybridized carbons (Fsp3) is 0.846. The Kier molecular flexibility index (Phi) is 33.3. The number of unbranched alkanes of at least 4 members (excludes halogenated alkanes) is 14. The molecular weight excluding hydrogens is 563 g/mol. The third-order valence-corrected chi connectivity index (χ3v) is 10.2. The Morgan fingerprint density at radius 2 is 0.955 bits per heavy atom. The molecule has 0 saturated heterocycles. The Hall–Kier alpha value is -0.590. The molecule has 0 aromatic rings. The quantitative estimate of drug-likeness (QED) is 0.0518. The van der Waals surface area contributed by atoms with Crippen molar-refractivity contribution in [3.8, 4) is 0 Å². The van der Waals surface area contributed by atoms with E-state index in [1.165, 1.54) is 96.3 Å². The Balaban J connectivity index is 5.19. The van der Waals surface area contributed by atoms with Crippen LogP contribution >= 0.6 is 10.9 Å². The second-order valence-electron chi connectivity index (χ2n) is 12.8. The van der Waals surface area contributed by atoms with Crippen LogP contribution in [0.5, 0.6) is 0 Å². The van der Waals surface area contributed by atoms with Crippen LogP contribution in [-0.4, -0.2) is 50.6 Å². The number of allylic oxidation sites excluding steroid dienone is 6. The predicted octanol–water partition coefficient (Wildman–Crippen LogP) is 12.8. The zero-order chi connectivity index (χ0) is 32.4. The Morgan fingerprint density at radius 3 is 1.41 bits per heavy atom. The van der Waals surface area contributed by atoms with E-state index < -0.39 is 10.9 Å². The van der Waals surface area contributed by atoms with Crippen molar-refractivity contribution in [2.45, 2.75) is 175 Å². The van der Waals surface area contributed by atoms with Crippen molar-refractivity contribution < 1.29 is 12.5 Å². The summed E-state index contributed by atoms with van der Waals surface area (Å²) >= 11 is 0. The Bertz CT molecular complexity index is 636. The molecule has 44 heavy (non-hydrogen) atoms. The van der Waals surface area contributed by atoms with Crippen LogP contribution in [0.3, 0.4) is 0 Å². The first-order valence-corrected chi connectivity index (χ1v) is 20.4. The Morgan fingerprint density at radius 1 is 0.523 bits per heavy atom. The van der Waals surface area contributed by atoms with E-state index in [0.29, 0.717) is 13.2 Å². The van der Waals surface area contributed by atoms with Gasteiger partial charge in [0.1, 0.15) is 0 Å². The van der Waals surface area contributed by atoms with Gasteiger partial charge in [0, 0.05) is 5.75 Å². The van der Waals surface area contributed by atoms with Crippen molar-refractivity contribution in [2.24, 2.45) is 0 Å². The summed E-state index contributed by atoms with van der Waals surface area (Å²) in [5.41, 5.74) is 0. The third kappa shape index (κ3) is 30.1. The topological polar surface area (TPSA) is 30.9 Å². The average Bonchev–Trinajstić information content (AvgIpc) is 3.00. The maximum Gasteiger partial charge on any atom is 0.0890 e. The molecule has 5 heteroatoms. The van der Waals surface area contributed by atoms with Crippen LogP contribution < -0.4 is 0 Å². The van der Waals surface area contributed by atoms with Crippen molar-refractivity contribution in [3.05, 3.63) is 36.5 Å². The van der Waals surface area contributed by atoms with Crippen molar-refractivity contribution in [2.75, 3.05) is 39.6 Å². The summed E-state index contributed by atoms with van der Waals surface area (Å²) in [6.45, 7) is 11.6. The molecule has 0 aliphatic rings. The molecule has 0 aliphatic carbocycles. The molecule has 0 bridgehead atoms. The van der Waals surface area contributed by atoms with Crippen LogP contribution in [0.4, 0.5) is 0 Å². The van der Waals surface area contributed by atoms with Gasteiger partial charge >= 0.3 is 0 Å². The van der Waals surface area contributed by atoms with Crippen LogP contribution in [0.25, 0.3) is 0 Å². The molecule has 1 atom stereocenters. The van der Waals surface area contributed by atoms with Crippen LogP contribution in [-0.2, 0) is 12.5 Å². The SMILES string of the molecule is CCCCC/C=C\CCCOS(CCCCCCN(C)C)(OCCC/C=C\CCCCC)O[C@@H](C)CC/C=C\CCCCC. The standard InChI is InChI=1S/C39H77NO3S/c1-7-10-13-16-19-22-26-31-36-41-44(38-33-28-25-30-35-40(5)6,42-37-32-27-23-20-17-14-11-8-2)43-39(4)34-29-24-21-18-15-12-9-3/h19-24,39H,7-18,25-38H2,1-6H3/b22-19-,23-20-,24-21-/t39-/m0/s1. The third-order valence-electron chi connectivity index (χ3n) is 7.78. The van der Waals surface area contributed by atoms with Gasteiger partial charge in [0.05, 0.1) is 30.2 Å². The molecule has 0 amide bonds. The van der Waals surface area contributed by atoms with Gasteiger partial charge in [-0.3, -0.25) is 12.5 Å². The first-order valence-electron chi connectivity index (χ1n) is 18.9. The molecule has 0 N–H and O–H groups in total. The summed E-state index contributed by atoms with van der Waals surface area (Å²) < 4.78 is 20.2. The molecular formula is C39H77NO3S. The molecule has 0 aromatic carbocycles. The highest BCUT2D eigenvalue weighted by molar-refractivity contribution is 8.21. The fourth-order valence-electron chi connectivity index (χ4n) is 4.96. The first kappa shape index (κ1) is 43.4. The van der Waals surface area contributed by atoms with Crippen LogP contribution in [0.15, 0.2) is 36.5 Å². The molecule has 262 valence electrons. The van der Waals surface area contributed by atoms with Crippen molar-refractivity contribution in [3.63, 3.8) is 0 Å². The summed E-state index contributed by atoms with van der Waals surface area (Å²) in [6.07, 6.45) is 40.5. The molecule has 0 rings (SSSR count). The van der Waals surface area contributed by atoms with E-state index in [0.717, 1.165) is 57.2 Å². The maximum absolute atomic E-state index is 6.83. The van der Waals surface area contributed by atoms with Gasteiger partial charge in [-0.2, -0.15) is 0 Å². The molecule has 0 radical (unpaired) electrons. The smallest absolute Gasteiger partial charge is 0.0890 e. The van der Waals surface area contributed by atoms with Gasteiger partial charge in [0.15, 0.2) is 0 Å². The average molecular weight is 640 g/mol. The minimum Gasteiger partial charge on any atom is -0.309 e. The molecule has 0 unspecified atom stereocenters. The second-order valence-corrected chi connectivity index (χ2v) is 15.0. The number of hydrogen-bond acceptors (Lipinski definition) is 4. The highest BCUT2D eigenvalue weighted by atomic mass is 32.3. The van der Waals surface area contributed by atoms with Gasteiger partial charge in [-0.05, 0) is 117 Å². The van der Waals surface area contributed by atoms with Gasteiger partial charge < -0.3 is 4.90 Å². The summed E-state index contributed by atoms with van der Waals surface area (Å²) in [7, 11) is 2.27. The zero-order valence-electron chi connectivity index (χ0n) is 30.5. The van der Waals surface area contributed by atoms with Crippen molar-refractivity contribution in [1.82, 2.24) is 4.90 Å². The van der Waals surface area contributed by atoms with E-state index >= 15 is 0 Å². The lowest BCUT2D eigenvalue weighted by atomic mass is 10.1. The summed E-state index contributed by atoms with van der Waals surface area (Å²) in [5, 5.41) is 0. The molecule has 4 nitrogen and oxygen atoms in total. The van der Waals surface area contributed by atoms with Gasteiger partial charge in [-0.25, -0.2) is 0 Å². The lowest BCUT2D eigenvalue weighted by molar-refractivity contribution is 0.128. The maximum atomic E-state index is 6.83. The second kappa shape index (κ2) is 33.8. The van der Waals surface area contributed by atoms with Gasteiger partial charge in [-0.15, -0.1) is 0 Å². The molecule has 0 spiro atoms. The van der Waals surface area contributed by atoms with E-state index in [4.69, 9.17) is 12.5 Å². The summed E-state index contributed by atoms with van der Waals surface area (Å²) in [4.78, 5) is 2.28. The van der Waals surface area contributed by atoms with Crippen LogP contribution in [0, 0.1) is 0 Å². The van der Waals surface area contributed by atoms with Crippen molar-refractivity contribution >= 4 is 10.9 Å². The van der Waals surface area contributed by atoms with Crippen LogP contribution in [0.2, 0.25) is 0 Å². The number of rotatable bonds is 34. The largest absolute Gasteiger partial charge is 0.309 e. The van der Waals surface area contributed by atoms with E-state index in [2.05, 4.69) is 83.1 Å². The molecule has 0 fully saturated rings. The minimum atomic E-state index is -2.05. The Labute approximate surface area is 278 Å². The van der Waals surface area contributed by atoms with E-state index in [-0.39, 0.29) is 6.10 Å². The summed E-state index contributed by atoms with van der Waals surface area (Å²) in [6, 6.07) is 0. The first-order chi connectivity index (χ1) is 21.5. The van der Waals surface area contributed by atoms with Gasteiger partial charge in [-0.1, -0.05) is 109 Å². The normalized spacial score (nSPS) is 13.8. The molecule has 0 aliphatic heterocycles. The predicted molar refractivity (Wildman–Crippen MR) is 199 cm³/mol. The minimum absolute atomic E-state index is 0.121. The van der Waals surface area contributed by atoms with E-state index in [9.17, 15) is 0 Å². The van der Waals surface area contributed by atoms with Crippen molar-refractivity contribution in [1.29, 1.82) is 0 Å². The summed E-state index contributed by atoms with van der Waals surface area (Å²) in [5.74, 6) is 0.881. The van der Waals surface area contributed by atoms with Crippen LogP contribution in [0.1, 0.15) is 169 Å². The van der Waals surface area contributed by atoms with E-state index in [1.54, 1.807) is 0 Å². The highest BCUT2D eigenvalue weighted by Crippen LogP contribution is 2.54. The number of nitrogens with zero attached hydrogens (tertiary/aromatic N) is 1. The molecule has 0 aromatic heterocycles. The van der Waals surface area contributed by atoms with E-state index in [1.807, 2.05) is 0 Å². The molecule has 0 saturated carbocycles. The molecule has 0 heterocycles. The number of hydrogen-bond donors (Lipinski definition) is 0. The van der Waals surface area contributed by atoms with Gasteiger partial charge in [0.2, 0.25) is 0 Å². The fourth-order valence-corrected chi connectivity index (χ4v) is 7.37. The lowest BCUT2D eigenvalue weighted by Crippen LogP contribution is -2.22. The van der Waals surface area contributed by atoms with Gasteiger partial charge in [0.25, 0.3) is 0 Å². The zero-order valence-corrected chi connectivity index (χ0v) is 31.3.